The van der Waals surface area contributed by atoms with Crippen LogP contribution in [0.2, 0.25) is 0 Å². The van der Waals surface area contributed by atoms with Crippen LogP contribution in [0.25, 0.3) is 11.0 Å². The molecule has 1 saturated heterocycles. The summed E-state index contributed by atoms with van der Waals surface area (Å²) in [5, 5.41) is 4.19. The number of rotatable bonds is 4. The fraction of sp³-hybridized carbons (Fsp3) is 0.350. The summed E-state index contributed by atoms with van der Waals surface area (Å²) in [6.07, 6.45) is 1.84. The lowest BCUT2D eigenvalue weighted by atomic mass is 10.1. The van der Waals surface area contributed by atoms with Crippen molar-refractivity contribution in [1.29, 1.82) is 0 Å². The summed E-state index contributed by atoms with van der Waals surface area (Å²) >= 11 is 0. The van der Waals surface area contributed by atoms with Gasteiger partial charge in [-0.05, 0) is 24.1 Å². The minimum atomic E-state index is -0.391. The zero-order valence-electron chi connectivity index (χ0n) is 15.4. The molecular weight excluding hydrogens is 344 g/mol. The van der Waals surface area contributed by atoms with Gasteiger partial charge in [0.25, 0.3) is 0 Å². The molecule has 7 heteroatoms. The number of hydrogen-bond acceptors (Lipinski definition) is 7. The number of anilines is 1. The molecule has 0 spiro atoms. The average Bonchev–Trinajstić information content (AvgIpc) is 2.68. The Morgan fingerprint density at radius 1 is 1.19 bits per heavy atom. The van der Waals surface area contributed by atoms with Crippen molar-refractivity contribution in [2.24, 2.45) is 0 Å². The van der Waals surface area contributed by atoms with Crippen molar-refractivity contribution in [2.45, 2.75) is 19.8 Å². The quantitative estimate of drug-likeness (QED) is 0.711. The van der Waals surface area contributed by atoms with Crippen LogP contribution in [0.4, 0.5) is 5.82 Å². The van der Waals surface area contributed by atoms with Gasteiger partial charge in [0.05, 0.1) is 0 Å². The molecule has 0 unspecified atom stereocenters. The second-order valence-electron chi connectivity index (χ2n) is 6.88. The molecule has 0 radical (unpaired) electrons. The van der Waals surface area contributed by atoms with Crippen LogP contribution in [-0.4, -0.2) is 36.1 Å². The van der Waals surface area contributed by atoms with Crippen molar-refractivity contribution in [1.82, 2.24) is 15.3 Å². The minimum Gasteiger partial charge on any atom is -0.424 e. The highest BCUT2D eigenvalue weighted by molar-refractivity contribution is 5.77. The summed E-state index contributed by atoms with van der Waals surface area (Å²) in [6.45, 7) is 7.93. The molecular formula is C20H22N4O3. The van der Waals surface area contributed by atoms with E-state index in [9.17, 15) is 4.79 Å². The second-order valence-corrected chi connectivity index (χ2v) is 6.88. The first kappa shape index (κ1) is 17.5. The maximum atomic E-state index is 11.4. The van der Waals surface area contributed by atoms with Crippen LogP contribution in [0.1, 0.15) is 25.3 Å². The molecule has 7 nitrogen and oxygen atoms in total. The maximum absolute atomic E-state index is 11.4. The first-order valence-electron chi connectivity index (χ1n) is 9.14. The zero-order valence-corrected chi connectivity index (χ0v) is 15.4. The number of nitrogens with zero attached hydrogens (tertiary/aromatic N) is 3. The van der Waals surface area contributed by atoms with E-state index >= 15 is 0 Å². The Bertz CT molecular complexity index is 1010. The molecule has 140 valence electrons. The third kappa shape index (κ3) is 3.78. The van der Waals surface area contributed by atoms with Crippen molar-refractivity contribution in [3.05, 3.63) is 52.5 Å². The van der Waals surface area contributed by atoms with E-state index in [4.69, 9.17) is 9.15 Å². The van der Waals surface area contributed by atoms with Gasteiger partial charge in [-0.15, -0.1) is 0 Å². The summed E-state index contributed by atoms with van der Waals surface area (Å²) in [5.41, 5.74) is 1.19. The Kier molecular flexibility index (Phi) is 4.77. The Morgan fingerprint density at radius 3 is 2.74 bits per heavy atom. The lowest BCUT2D eigenvalue weighted by Gasteiger charge is -2.30. The Morgan fingerprint density at radius 2 is 1.96 bits per heavy atom. The molecule has 2 aromatic heterocycles. The fourth-order valence-corrected chi connectivity index (χ4v) is 3.16. The van der Waals surface area contributed by atoms with Gasteiger partial charge in [0.15, 0.2) is 0 Å². The van der Waals surface area contributed by atoms with E-state index in [0.29, 0.717) is 17.3 Å². The molecule has 0 bridgehead atoms. The standard InChI is InChI=1S/C20H22N4O3/c1-13(2)16-12-22-20(23-19(16)24-9-7-21-8-10-24)26-15-5-3-14-4-6-18(25)27-17(14)11-15/h3-6,11-13,21H,7-10H2,1-2H3. The Balaban J connectivity index is 1.66. The predicted octanol–water partition coefficient (Wildman–Crippen LogP) is 2.91. The zero-order chi connectivity index (χ0) is 18.8. The highest BCUT2D eigenvalue weighted by Crippen LogP contribution is 2.29. The number of piperazine rings is 1. The summed E-state index contributed by atoms with van der Waals surface area (Å²) in [7, 11) is 0. The van der Waals surface area contributed by atoms with Gasteiger partial charge in [-0.25, -0.2) is 9.78 Å². The average molecular weight is 366 g/mol. The molecule has 0 amide bonds. The minimum absolute atomic E-state index is 0.283. The van der Waals surface area contributed by atoms with Crippen molar-refractivity contribution in [2.75, 3.05) is 31.1 Å². The maximum Gasteiger partial charge on any atom is 0.336 e. The van der Waals surface area contributed by atoms with E-state index in [1.54, 1.807) is 12.1 Å². The van der Waals surface area contributed by atoms with Gasteiger partial charge in [0.1, 0.15) is 17.2 Å². The number of ether oxygens (including phenoxy) is 1. The summed E-state index contributed by atoms with van der Waals surface area (Å²) in [4.78, 5) is 22.8. The van der Waals surface area contributed by atoms with Gasteiger partial charge in [-0.3, -0.25) is 0 Å². The Hall–Kier alpha value is -2.93. The van der Waals surface area contributed by atoms with E-state index in [1.807, 2.05) is 18.3 Å². The van der Waals surface area contributed by atoms with Gasteiger partial charge in [0.2, 0.25) is 0 Å². The van der Waals surface area contributed by atoms with Crippen molar-refractivity contribution in [3.8, 4) is 11.8 Å². The Labute approximate surface area is 157 Å². The summed E-state index contributed by atoms with van der Waals surface area (Å²) < 4.78 is 11.1. The van der Waals surface area contributed by atoms with Gasteiger partial charge in [-0.1, -0.05) is 13.8 Å². The number of benzene rings is 1. The molecule has 1 aliphatic heterocycles. The molecule has 0 atom stereocenters. The lowest BCUT2D eigenvalue weighted by Crippen LogP contribution is -2.44. The SMILES string of the molecule is CC(C)c1cnc(Oc2ccc3ccc(=O)oc3c2)nc1N1CCNCC1. The van der Waals surface area contributed by atoms with Crippen molar-refractivity contribution < 1.29 is 9.15 Å². The van der Waals surface area contributed by atoms with Crippen LogP contribution >= 0.6 is 0 Å². The first-order chi connectivity index (χ1) is 13.1. The van der Waals surface area contributed by atoms with E-state index < -0.39 is 5.63 Å². The molecule has 3 heterocycles. The van der Waals surface area contributed by atoms with Crippen LogP contribution in [-0.2, 0) is 0 Å². The topological polar surface area (TPSA) is 80.5 Å². The first-order valence-corrected chi connectivity index (χ1v) is 9.14. The van der Waals surface area contributed by atoms with Crippen LogP contribution in [0.15, 0.2) is 45.7 Å². The molecule has 1 N–H and O–H groups in total. The van der Waals surface area contributed by atoms with Crippen LogP contribution in [0.3, 0.4) is 0 Å². The molecule has 3 aromatic rings. The molecule has 27 heavy (non-hydrogen) atoms. The summed E-state index contributed by atoms with van der Waals surface area (Å²) in [5.74, 6) is 1.77. The summed E-state index contributed by atoms with van der Waals surface area (Å²) in [6, 6.07) is 8.74. The monoisotopic (exact) mass is 366 g/mol. The van der Waals surface area contributed by atoms with E-state index in [1.165, 1.54) is 6.07 Å². The largest absolute Gasteiger partial charge is 0.424 e. The predicted molar refractivity (Wildman–Crippen MR) is 104 cm³/mol. The fourth-order valence-electron chi connectivity index (χ4n) is 3.16. The van der Waals surface area contributed by atoms with Crippen LogP contribution in [0, 0.1) is 0 Å². The van der Waals surface area contributed by atoms with Crippen molar-refractivity contribution in [3.63, 3.8) is 0 Å². The molecule has 1 fully saturated rings. The van der Waals surface area contributed by atoms with Crippen molar-refractivity contribution >= 4 is 16.8 Å². The smallest absolute Gasteiger partial charge is 0.336 e. The number of nitrogens with one attached hydrogen (secondary N) is 1. The van der Waals surface area contributed by atoms with Gasteiger partial charge in [0, 0.05) is 55.5 Å². The highest BCUT2D eigenvalue weighted by atomic mass is 16.5. The number of fused-ring (bicyclic) bond motifs is 1. The third-order valence-electron chi connectivity index (χ3n) is 4.62. The van der Waals surface area contributed by atoms with Crippen LogP contribution in [0.5, 0.6) is 11.8 Å². The lowest BCUT2D eigenvalue weighted by molar-refractivity contribution is 0.438. The van der Waals surface area contributed by atoms with Gasteiger partial charge >= 0.3 is 11.6 Å². The molecule has 1 aliphatic rings. The van der Waals surface area contributed by atoms with Crippen LogP contribution < -0.4 is 20.6 Å². The molecule has 4 rings (SSSR count). The third-order valence-corrected chi connectivity index (χ3v) is 4.62. The van der Waals surface area contributed by atoms with Gasteiger partial charge < -0.3 is 19.4 Å². The molecule has 0 aliphatic carbocycles. The molecule has 0 saturated carbocycles. The number of hydrogen-bond donors (Lipinski definition) is 1. The molecule has 1 aromatic carbocycles. The normalized spacial score (nSPS) is 14.7. The highest BCUT2D eigenvalue weighted by Gasteiger charge is 2.19. The number of aromatic nitrogens is 2. The van der Waals surface area contributed by atoms with E-state index in [0.717, 1.165) is 42.9 Å². The van der Waals surface area contributed by atoms with Gasteiger partial charge in [-0.2, -0.15) is 4.98 Å². The van der Waals surface area contributed by atoms with E-state index in [2.05, 4.69) is 34.0 Å². The van der Waals surface area contributed by atoms with E-state index in [-0.39, 0.29) is 6.01 Å². The second kappa shape index (κ2) is 7.36.